The largest absolute Gasteiger partial charge is 0.416 e. The van der Waals surface area contributed by atoms with Crippen LogP contribution in [0.3, 0.4) is 0 Å². The summed E-state index contributed by atoms with van der Waals surface area (Å²) in [5, 5.41) is 0. The molecule has 0 amide bonds. The second kappa shape index (κ2) is 5.96. The molecule has 1 fully saturated rings. The molecule has 1 aromatic rings. The number of hydrogen-bond acceptors (Lipinski definition) is 3. The highest BCUT2D eigenvalue weighted by Crippen LogP contribution is 2.40. The molecule has 0 spiro atoms. The first-order chi connectivity index (χ1) is 9.68. The van der Waals surface area contributed by atoms with E-state index in [2.05, 4.69) is 0 Å². The molecule has 0 bridgehead atoms. The standard InChI is InChI=1S/C14H18F3NO2S/c1-21(19,20)10-9-18-8-4-7-13(18)11-5-2-3-6-12(11)14(15,16)17/h2-3,5-6,13H,4,7-10H2,1H3/t13-/m0/s1. The molecule has 1 aliphatic heterocycles. The van der Waals surface area contributed by atoms with Gasteiger partial charge in [0.1, 0.15) is 9.84 Å². The van der Waals surface area contributed by atoms with Gasteiger partial charge in [-0.15, -0.1) is 0 Å². The second-order valence-electron chi connectivity index (χ2n) is 5.41. The lowest BCUT2D eigenvalue weighted by Crippen LogP contribution is -2.30. The molecule has 3 nitrogen and oxygen atoms in total. The maximum Gasteiger partial charge on any atom is 0.416 e. The number of nitrogens with zero attached hydrogens (tertiary/aromatic N) is 1. The van der Waals surface area contributed by atoms with E-state index in [-0.39, 0.29) is 23.9 Å². The highest BCUT2D eigenvalue weighted by atomic mass is 32.2. The first-order valence-corrected chi connectivity index (χ1v) is 8.82. The van der Waals surface area contributed by atoms with Crippen LogP contribution in [0.4, 0.5) is 13.2 Å². The Hall–Kier alpha value is -1.08. The molecule has 0 radical (unpaired) electrons. The number of likely N-dealkylation sites (tertiary alicyclic amines) is 1. The van der Waals surface area contributed by atoms with Gasteiger partial charge in [-0.3, -0.25) is 4.90 Å². The van der Waals surface area contributed by atoms with E-state index in [0.29, 0.717) is 13.0 Å². The van der Waals surface area contributed by atoms with Gasteiger partial charge in [-0.2, -0.15) is 13.2 Å². The summed E-state index contributed by atoms with van der Waals surface area (Å²) in [5.74, 6) is -0.0301. The number of benzene rings is 1. The molecule has 2 rings (SSSR count). The van der Waals surface area contributed by atoms with E-state index >= 15 is 0 Å². The third-order valence-corrected chi connectivity index (χ3v) is 4.66. The first kappa shape index (κ1) is 16.3. The lowest BCUT2D eigenvalue weighted by molar-refractivity contribution is -0.138. The summed E-state index contributed by atoms with van der Waals surface area (Å²) in [7, 11) is -3.12. The predicted molar refractivity (Wildman–Crippen MR) is 74.7 cm³/mol. The Kier molecular flexibility index (Phi) is 4.63. The third-order valence-electron chi connectivity index (χ3n) is 3.74. The Balaban J connectivity index is 2.24. The Bertz CT molecular complexity index is 598. The molecule has 21 heavy (non-hydrogen) atoms. The normalized spacial score (nSPS) is 20.9. The van der Waals surface area contributed by atoms with E-state index in [0.717, 1.165) is 18.7 Å². The first-order valence-electron chi connectivity index (χ1n) is 6.76. The van der Waals surface area contributed by atoms with Crippen molar-refractivity contribution in [2.75, 3.05) is 25.1 Å². The van der Waals surface area contributed by atoms with Crippen molar-refractivity contribution in [3.63, 3.8) is 0 Å². The number of hydrogen-bond donors (Lipinski definition) is 0. The molecule has 0 N–H and O–H groups in total. The lowest BCUT2D eigenvalue weighted by Gasteiger charge is -2.26. The van der Waals surface area contributed by atoms with Crippen molar-refractivity contribution < 1.29 is 21.6 Å². The molecule has 0 aromatic heterocycles. The average Bonchev–Trinajstić information content (AvgIpc) is 2.82. The van der Waals surface area contributed by atoms with Crippen molar-refractivity contribution in [2.24, 2.45) is 0 Å². The van der Waals surface area contributed by atoms with Crippen LogP contribution >= 0.6 is 0 Å². The Morgan fingerprint density at radius 2 is 1.95 bits per heavy atom. The van der Waals surface area contributed by atoms with Crippen LogP contribution in [0.15, 0.2) is 24.3 Å². The smallest absolute Gasteiger partial charge is 0.295 e. The topological polar surface area (TPSA) is 37.4 Å². The van der Waals surface area contributed by atoms with Gasteiger partial charge < -0.3 is 0 Å². The Morgan fingerprint density at radius 3 is 2.57 bits per heavy atom. The summed E-state index contributed by atoms with van der Waals surface area (Å²) < 4.78 is 61.8. The molecular weight excluding hydrogens is 303 g/mol. The average molecular weight is 321 g/mol. The molecule has 1 aromatic carbocycles. The van der Waals surface area contributed by atoms with E-state index in [1.807, 2.05) is 4.90 Å². The summed E-state index contributed by atoms with van der Waals surface area (Å²) in [6, 6.07) is 5.19. The van der Waals surface area contributed by atoms with Crippen LogP contribution in [0.1, 0.15) is 30.0 Å². The third kappa shape index (κ3) is 4.20. The number of alkyl halides is 3. The zero-order valence-corrected chi connectivity index (χ0v) is 12.5. The van der Waals surface area contributed by atoms with Crippen LogP contribution in [-0.4, -0.2) is 38.4 Å². The monoisotopic (exact) mass is 321 g/mol. The predicted octanol–water partition coefficient (Wildman–Crippen LogP) is 2.89. The van der Waals surface area contributed by atoms with Gasteiger partial charge in [-0.05, 0) is 31.0 Å². The number of rotatable bonds is 4. The minimum atomic E-state index is -4.39. The Labute approximate surface area is 122 Å². The summed E-state index contributed by atoms with van der Waals surface area (Å²) in [6.07, 6.45) is -1.85. The van der Waals surface area contributed by atoms with Crippen molar-refractivity contribution >= 4 is 9.84 Å². The minimum Gasteiger partial charge on any atom is -0.295 e. The molecule has 7 heteroatoms. The SMILES string of the molecule is CS(=O)(=O)CCN1CCC[C@H]1c1ccccc1C(F)(F)F. The van der Waals surface area contributed by atoms with Gasteiger partial charge in [0.05, 0.1) is 11.3 Å². The highest BCUT2D eigenvalue weighted by Gasteiger charge is 2.37. The molecule has 1 heterocycles. The van der Waals surface area contributed by atoms with E-state index in [9.17, 15) is 21.6 Å². The molecule has 1 saturated heterocycles. The highest BCUT2D eigenvalue weighted by molar-refractivity contribution is 7.90. The molecule has 1 aliphatic rings. The summed E-state index contributed by atoms with van der Waals surface area (Å²) in [4.78, 5) is 1.84. The lowest BCUT2D eigenvalue weighted by atomic mass is 9.98. The van der Waals surface area contributed by atoms with E-state index in [1.54, 1.807) is 6.07 Å². The Morgan fingerprint density at radius 1 is 1.29 bits per heavy atom. The van der Waals surface area contributed by atoms with Crippen molar-refractivity contribution in [2.45, 2.75) is 25.1 Å². The molecule has 1 atom stereocenters. The molecule has 0 aliphatic carbocycles. The van der Waals surface area contributed by atoms with Crippen LogP contribution in [0.5, 0.6) is 0 Å². The second-order valence-corrected chi connectivity index (χ2v) is 7.67. The number of sulfone groups is 1. The number of halogens is 3. The van der Waals surface area contributed by atoms with Gasteiger partial charge >= 0.3 is 6.18 Å². The van der Waals surface area contributed by atoms with Crippen molar-refractivity contribution in [3.05, 3.63) is 35.4 Å². The summed E-state index contributed by atoms with van der Waals surface area (Å²) in [5.41, 5.74) is -0.378. The maximum absolute atomic E-state index is 13.1. The molecule has 0 unspecified atom stereocenters. The van der Waals surface area contributed by atoms with Crippen LogP contribution in [0.25, 0.3) is 0 Å². The maximum atomic E-state index is 13.1. The van der Waals surface area contributed by atoms with Crippen LogP contribution in [-0.2, 0) is 16.0 Å². The van der Waals surface area contributed by atoms with Crippen molar-refractivity contribution in [1.29, 1.82) is 0 Å². The fraction of sp³-hybridized carbons (Fsp3) is 0.571. The van der Waals surface area contributed by atoms with Crippen molar-refractivity contribution in [3.8, 4) is 0 Å². The molecule has 0 saturated carbocycles. The fourth-order valence-electron chi connectivity index (χ4n) is 2.77. The van der Waals surface area contributed by atoms with Gasteiger partial charge in [0.25, 0.3) is 0 Å². The summed E-state index contributed by atoms with van der Waals surface area (Å²) >= 11 is 0. The van der Waals surface area contributed by atoms with Crippen LogP contribution in [0, 0.1) is 0 Å². The van der Waals surface area contributed by atoms with Crippen LogP contribution in [0.2, 0.25) is 0 Å². The minimum absolute atomic E-state index is 0.0301. The van der Waals surface area contributed by atoms with Crippen molar-refractivity contribution in [1.82, 2.24) is 4.90 Å². The zero-order valence-electron chi connectivity index (χ0n) is 11.7. The zero-order chi connectivity index (χ0) is 15.7. The van der Waals surface area contributed by atoms with E-state index in [4.69, 9.17) is 0 Å². The van der Waals surface area contributed by atoms with Gasteiger partial charge in [-0.1, -0.05) is 18.2 Å². The molecule has 118 valence electrons. The molecular formula is C14H18F3NO2S. The van der Waals surface area contributed by atoms with E-state index < -0.39 is 21.6 Å². The summed E-state index contributed by atoms with van der Waals surface area (Å²) in [6.45, 7) is 0.905. The van der Waals surface area contributed by atoms with Gasteiger partial charge in [0.2, 0.25) is 0 Å². The van der Waals surface area contributed by atoms with E-state index in [1.165, 1.54) is 12.1 Å². The fourth-order valence-corrected chi connectivity index (χ4v) is 3.34. The van der Waals surface area contributed by atoms with Gasteiger partial charge in [-0.25, -0.2) is 8.42 Å². The van der Waals surface area contributed by atoms with Gasteiger partial charge in [0, 0.05) is 18.8 Å². The van der Waals surface area contributed by atoms with Crippen LogP contribution < -0.4 is 0 Å². The quantitative estimate of drug-likeness (QED) is 0.856. The van der Waals surface area contributed by atoms with Gasteiger partial charge in [0.15, 0.2) is 0 Å².